The van der Waals surface area contributed by atoms with Crippen molar-refractivity contribution in [3.63, 3.8) is 0 Å². The summed E-state index contributed by atoms with van der Waals surface area (Å²) in [7, 11) is 0. The normalized spacial score (nSPS) is 20.4. The highest BCUT2D eigenvalue weighted by atomic mass is 16.7. The van der Waals surface area contributed by atoms with Gasteiger partial charge < -0.3 is 42.6 Å². The van der Waals surface area contributed by atoms with Crippen molar-refractivity contribution in [2.45, 2.75) is 58.4 Å². The smallest absolute Gasteiger partial charge is 0.303 e. The molecule has 224 valence electrons. The number of ether oxygens (including phenoxy) is 9. The van der Waals surface area contributed by atoms with Crippen LogP contribution in [0.4, 0.5) is 0 Å². The molecule has 1 aromatic carbocycles. The molecule has 12 nitrogen and oxygen atoms in total. The van der Waals surface area contributed by atoms with E-state index in [2.05, 4.69) is 6.58 Å². The van der Waals surface area contributed by atoms with Crippen molar-refractivity contribution in [2.75, 3.05) is 52.9 Å². The van der Waals surface area contributed by atoms with E-state index in [1.54, 1.807) is 0 Å². The number of benzene rings is 1. The molecule has 0 aliphatic carbocycles. The summed E-state index contributed by atoms with van der Waals surface area (Å²) >= 11 is 0. The van der Waals surface area contributed by atoms with Gasteiger partial charge in [-0.25, -0.2) is 0 Å². The lowest BCUT2D eigenvalue weighted by Crippen LogP contribution is -2.54. The van der Waals surface area contributed by atoms with E-state index >= 15 is 0 Å². The lowest BCUT2D eigenvalue weighted by molar-refractivity contribution is -0.267. The quantitative estimate of drug-likeness (QED) is 0.105. The maximum atomic E-state index is 11.6. The SMILES string of the molecule is C=C(COCCOCCOCCOC1CC(OC(C)=O)C(OC(C)=O)C(COC(C)=O)O1)OCc1ccccc1. The molecule has 0 radical (unpaired) electrons. The highest BCUT2D eigenvalue weighted by molar-refractivity contribution is 5.67. The molecule has 4 unspecified atom stereocenters. The Balaban J connectivity index is 1.57. The molecule has 0 bridgehead atoms. The second-order valence-corrected chi connectivity index (χ2v) is 8.83. The van der Waals surface area contributed by atoms with Crippen LogP contribution in [0.5, 0.6) is 0 Å². The highest BCUT2D eigenvalue weighted by Gasteiger charge is 2.44. The van der Waals surface area contributed by atoms with E-state index in [9.17, 15) is 14.4 Å². The van der Waals surface area contributed by atoms with Crippen LogP contribution in [-0.4, -0.2) is 95.4 Å². The fourth-order valence-corrected chi connectivity index (χ4v) is 3.67. The molecular weight excluding hydrogens is 528 g/mol. The van der Waals surface area contributed by atoms with E-state index in [4.69, 9.17) is 42.6 Å². The van der Waals surface area contributed by atoms with Gasteiger partial charge in [0, 0.05) is 27.2 Å². The van der Waals surface area contributed by atoms with E-state index < -0.39 is 42.5 Å². The minimum Gasteiger partial charge on any atom is -0.491 e. The Morgan fingerprint density at radius 3 is 2.08 bits per heavy atom. The number of esters is 3. The van der Waals surface area contributed by atoms with Crippen LogP contribution in [0.1, 0.15) is 32.8 Å². The van der Waals surface area contributed by atoms with Crippen LogP contribution < -0.4 is 0 Å². The van der Waals surface area contributed by atoms with Crippen LogP contribution in [0.15, 0.2) is 42.7 Å². The Kier molecular flexibility index (Phi) is 15.9. The first-order chi connectivity index (χ1) is 19.2. The third-order valence-electron chi connectivity index (χ3n) is 5.38. The molecule has 4 atom stereocenters. The van der Waals surface area contributed by atoms with Gasteiger partial charge in [-0.15, -0.1) is 0 Å². The zero-order valence-corrected chi connectivity index (χ0v) is 23.4. The number of carbonyl (C=O) groups is 3. The van der Waals surface area contributed by atoms with Crippen molar-refractivity contribution in [2.24, 2.45) is 0 Å². The minimum absolute atomic E-state index is 0.126. The van der Waals surface area contributed by atoms with E-state index in [1.807, 2.05) is 30.3 Å². The Labute approximate surface area is 234 Å². The maximum absolute atomic E-state index is 11.6. The second-order valence-electron chi connectivity index (χ2n) is 8.83. The van der Waals surface area contributed by atoms with E-state index in [1.165, 1.54) is 20.8 Å². The standard InChI is InChI=1S/C28H40O12/c1-20(36-18-24-8-6-5-7-9-24)17-34-13-12-32-10-11-33-14-15-35-27-16-25(38-22(3)30)28(39-23(4)31)26(40-27)19-37-21(2)29/h5-9,25-28H,1,10-19H2,2-4H3. The van der Waals surface area contributed by atoms with Crippen molar-refractivity contribution >= 4 is 17.9 Å². The molecule has 0 N–H and O–H groups in total. The molecule has 1 aromatic rings. The Morgan fingerprint density at radius 1 is 0.825 bits per heavy atom. The zero-order valence-electron chi connectivity index (χ0n) is 23.4. The third kappa shape index (κ3) is 14.4. The fraction of sp³-hybridized carbons (Fsp3) is 0.607. The fourth-order valence-electron chi connectivity index (χ4n) is 3.67. The first-order valence-electron chi connectivity index (χ1n) is 13.1. The van der Waals surface area contributed by atoms with Crippen molar-refractivity contribution < 1.29 is 57.0 Å². The van der Waals surface area contributed by atoms with Crippen LogP contribution in [0.2, 0.25) is 0 Å². The summed E-state index contributed by atoms with van der Waals surface area (Å²) in [4.78, 5) is 34.4. The number of carbonyl (C=O) groups excluding carboxylic acids is 3. The summed E-state index contributed by atoms with van der Waals surface area (Å²) in [5.74, 6) is -1.12. The van der Waals surface area contributed by atoms with Gasteiger partial charge in [0.15, 0.2) is 12.4 Å². The van der Waals surface area contributed by atoms with Gasteiger partial charge in [0.2, 0.25) is 0 Å². The molecule has 2 rings (SSSR count). The Bertz CT molecular complexity index is 906. The van der Waals surface area contributed by atoms with Gasteiger partial charge in [0.05, 0.1) is 39.6 Å². The average molecular weight is 569 g/mol. The van der Waals surface area contributed by atoms with Crippen LogP contribution in [-0.2, 0) is 63.6 Å². The number of hydrogen-bond acceptors (Lipinski definition) is 12. The summed E-state index contributed by atoms with van der Waals surface area (Å²) in [5, 5.41) is 0. The van der Waals surface area contributed by atoms with Gasteiger partial charge in [-0.3, -0.25) is 14.4 Å². The summed E-state index contributed by atoms with van der Waals surface area (Å²) < 4.78 is 49.2. The van der Waals surface area contributed by atoms with Crippen LogP contribution in [0.25, 0.3) is 0 Å². The molecule has 0 aromatic heterocycles. The average Bonchev–Trinajstić information content (AvgIpc) is 2.90. The van der Waals surface area contributed by atoms with Crippen molar-refractivity contribution in [1.29, 1.82) is 0 Å². The van der Waals surface area contributed by atoms with Crippen LogP contribution in [0, 0.1) is 0 Å². The predicted octanol–water partition coefficient (Wildman–Crippen LogP) is 2.32. The second kappa shape index (κ2) is 19.1. The number of hydrogen-bond donors (Lipinski definition) is 0. The van der Waals surface area contributed by atoms with Gasteiger partial charge >= 0.3 is 17.9 Å². The monoisotopic (exact) mass is 568 g/mol. The van der Waals surface area contributed by atoms with Crippen molar-refractivity contribution in [3.8, 4) is 0 Å². The van der Waals surface area contributed by atoms with E-state index in [0.717, 1.165) is 5.56 Å². The third-order valence-corrected chi connectivity index (χ3v) is 5.38. The molecule has 0 spiro atoms. The molecular formula is C28H40O12. The summed E-state index contributed by atoms with van der Waals surface area (Å²) in [5.41, 5.74) is 1.06. The summed E-state index contributed by atoms with van der Waals surface area (Å²) in [6.45, 7) is 10.1. The largest absolute Gasteiger partial charge is 0.491 e. The number of rotatable bonds is 19. The maximum Gasteiger partial charge on any atom is 0.303 e. The predicted molar refractivity (Wildman–Crippen MR) is 140 cm³/mol. The first-order valence-corrected chi connectivity index (χ1v) is 13.1. The van der Waals surface area contributed by atoms with Gasteiger partial charge in [-0.1, -0.05) is 36.9 Å². The molecule has 40 heavy (non-hydrogen) atoms. The minimum atomic E-state index is -0.946. The van der Waals surface area contributed by atoms with Gasteiger partial charge in [0.1, 0.15) is 37.8 Å². The molecule has 1 saturated heterocycles. The van der Waals surface area contributed by atoms with Crippen molar-refractivity contribution in [1.82, 2.24) is 0 Å². The topological polar surface area (TPSA) is 134 Å². The molecule has 0 saturated carbocycles. The molecule has 12 heteroatoms. The van der Waals surface area contributed by atoms with Crippen LogP contribution >= 0.6 is 0 Å². The Morgan fingerprint density at radius 2 is 1.45 bits per heavy atom. The lowest BCUT2D eigenvalue weighted by atomic mass is 10.0. The molecule has 0 amide bonds. The molecule has 1 aliphatic heterocycles. The van der Waals surface area contributed by atoms with E-state index in [-0.39, 0.29) is 32.8 Å². The zero-order chi connectivity index (χ0) is 29.2. The molecule has 1 heterocycles. The highest BCUT2D eigenvalue weighted by Crippen LogP contribution is 2.27. The van der Waals surface area contributed by atoms with Gasteiger partial charge in [-0.05, 0) is 5.56 Å². The van der Waals surface area contributed by atoms with Gasteiger partial charge in [0.25, 0.3) is 0 Å². The lowest BCUT2D eigenvalue weighted by Gasteiger charge is -2.39. The van der Waals surface area contributed by atoms with Crippen LogP contribution in [0.3, 0.4) is 0 Å². The van der Waals surface area contributed by atoms with Gasteiger partial charge in [-0.2, -0.15) is 0 Å². The van der Waals surface area contributed by atoms with E-state index in [0.29, 0.717) is 38.8 Å². The summed E-state index contributed by atoms with van der Waals surface area (Å²) in [6.07, 6.45) is -3.32. The van der Waals surface area contributed by atoms with Crippen molar-refractivity contribution in [3.05, 3.63) is 48.2 Å². The summed E-state index contributed by atoms with van der Waals surface area (Å²) in [6, 6.07) is 9.81. The Hall–Kier alpha value is -3.03. The molecule has 1 fully saturated rings. The first kappa shape index (κ1) is 33.2. The molecule has 1 aliphatic rings.